The molecule has 31 heavy (non-hydrogen) atoms. The molecule has 0 fully saturated rings. The first-order valence-corrected chi connectivity index (χ1v) is 12.1. The SMILES string of the molecule is O=C(NCCCCOc1ccc(F)cc1)c1cccc(S(=O)(=O)NCc2cccs2)c1. The van der Waals surface area contributed by atoms with Crippen molar-refractivity contribution >= 4 is 27.3 Å². The van der Waals surface area contributed by atoms with Gasteiger partial charge < -0.3 is 10.1 Å². The lowest BCUT2D eigenvalue weighted by atomic mass is 10.2. The van der Waals surface area contributed by atoms with Crippen molar-refractivity contribution in [2.45, 2.75) is 24.3 Å². The highest BCUT2D eigenvalue weighted by molar-refractivity contribution is 7.89. The van der Waals surface area contributed by atoms with Gasteiger partial charge >= 0.3 is 0 Å². The van der Waals surface area contributed by atoms with Crippen molar-refractivity contribution in [3.8, 4) is 5.75 Å². The zero-order chi connectivity index (χ0) is 22.1. The van der Waals surface area contributed by atoms with E-state index in [-0.39, 0.29) is 28.7 Å². The van der Waals surface area contributed by atoms with Crippen molar-refractivity contribution < 1.29 is 22.3 Å². The molecule has 6 nitrogen and oxygen atoms in total. The molecule has 9 heteroatoms. The van der Waals surface area contributed by atoms with Crippen LogP contribution < -0.4 is 14.8 Å². The molecular formula is C22H23FN2O4S2. The number of carbonyl (C=O) groups excluding carboxylic acids is 1. The van der Waals surface area contributed by atoms with Crippen LogP contribution in [0.4, 0.5) is 4.39 Å². The van der Waals surface area contributed by atoms with E-state index in [9.17, 15) is 17.6 Å². The largest absolute Gasteiger partial charge is 0.494 e. The van der Waals surface area contributed by atoms with Gasteiger partial charge in [0.05, 0.1) is 11.5 Å². The van der Waals surface area contributed by atoms with Crippen LogP contribution >= 0.6 is 11.3 Å². The van der Waals surface area contributed by atoms with Gasteiger partial charge in [0.1, 0.15) is 11.6 Å². The summed E-state index contributed by atoms with van der Waals surface area (Å²) < 4.78 is 45.9. The number of ether oxygens (including phenoxy) is 1. The number of halogens is 1. The van der Waals surface area contributed by atoms with E-state index in [0.29, 0.717) is 31.7 Å². The van der Waals surface area contributed by atoms with Crippen molar-refractivity contribution in [3.05, 3.63) is 82.3 Å². The van der Waals surface area contributed by atoms with Crippen molar-refractivity contribution in [2.75, 3.05) is 13.2 Å². The van der Waals surface area contributed by atoms with Crippen LogP contribution in [-0.2, 0) is 16.6 Å². The number of carbonyl (C=O) groups is 1. The van der Waals surface area contributed by atoms with Gasteiger partial charge in [-0.3, -0.25) is 4.79 Å². The second-order valence-corrected chi connectivity index (χ2v) is 9.50. The average molecular weight is 463 g/mol. The molecule has 0 unspecified atom stereocenters. The van der Waals surface area contributed by atoms with Gasteiger partial charge in [0.25, 0.3) is 5.91 Å². The molecule has 0 aliphatic carbocycles. The Bertz CT molecular complexity index is 1080. The quantitative estimate of drug-likeness (QED) is 0.423. The molecule has 1 aromatic heterocycles. The minimum atomic E-state index is -3.72. The van der Waals surface area contributed by atoms with Crippen molar-refractivity contribution in [1.29, 1.82) is 0 Å². The predicted octanol–water partition coefficient (Wildman–Crippen LogP) is 3.95. The summed E-state index contributed by atoms with van der Waals surface area (Å²) in [6.45, 7) is 1.08. The van der Waals surface area contributed by atoms with Crippen LogP contribution in [-0.4, -0.2) is 27.5 Å². The minimum Gasteiger partial charge on any atom is -0.494 e. The highest BCUT2D eigenvalue weighted by Gasteiger charge is 2.16. The highest BCUT2D eigenvalue weighted by Crippen LogP contribution is 2.14. The Kier molecular flexibility index (Phi) is 8.16. The Morgan fingerprint density at radius 3 is 2.58 bits per heavy atom. The van der Waals surface area contributed by atoms with Crippen molar-refractivity contribution in [2.24, 2.45) is 0 Å². The number of sulfonamides is 1. The van der Waals surface area contributed by atoms with Crippen LogP contribution in [0.25, 0.3) is 0 Å². The van der Waals surface area contributed by atoms with E-state index in [1.54, 1.807) is 24.3 Å². The summed E-state index contributed by atoms with van der Waals surface area (Å²) in [5, 5.41) is 4.66. The van der Waals surface area contributed by atoms with E-state index in [0.717, 1.165) is 4.88 Å². The summed E-state index contributed by atoms with van der Waals surface area (Å²) in [6, 6.07) is 15.4. The molecule has 3 aromatic rings. The summed E-state index contributed by atoms with van der Waals surface area (Å²) in [4.78, 5) is 13.3. The molecule has 3 rings (SSSR count). The first-order chi connectivity index (χ1) is 14.9. The van der Waals surface area contributed by atoms with Gasteiger partial charge in [0.2, 0.25) is 10.0 Å². The maximum atomic E-state index is 12.8. The fourth-order valence-corrected chi connectivity index (χ4v) is 4.51. The monoisotopic (exact) mass is 462 g/mol. The van der Waals surface area contributed by atoms with Gasteiger partial charge in [0.15, 0.2) is 0 Å². The molecule has 0 spiro atoms. The Balaban J connectivity index is 1.43. The maximum Gasteiger partial charge on any atom is 0.251 e. The fraction of sp³-hybridized carbons (Fsp3) is 0.227. The molecule has 1 heterocycles. The number of unbranched alkanes of at least 4 members (excludes halogenated alkanes) is 1. The third-order valence-electron chi connectivity index (χ3n) is 4.36. The highest BCUT2D eigenvalue weighted by atomic mass is 32.2. The lowest BCUT2D eigenvalue weighted by Crippen LogP contribution is -2.26. The molecule has 0 bridgehead atoms. The third kappa shape index (κ3) is 7.16. The molecule has 164 valence electrons. The lowest BCUT2D eigenvalue weighted by molar-refractivity contribution is 0.0952. The molecular weight excluding hydrogens is 439 g/mol. The van der Waals surface area contributed by atoms with Gasteiger partial charge in [-0.05, 0) is 66.8 Å². The zero-order valence-electron chi connectivity index (χ0n) is 16.7. The number of thiophene rings is 1. The van der Waals surface area contributed by atoms with E-state index in [4.69, 9.17) is 4.74 Å². The molecule has 0 saturated heterocycles. The van der Waals surface area contributed by atoms with E-state index in [1.165, 1.54) is 35.6 Å². The lowest BCUT2D eigenvalue weighted by Gasteiger charge is -2.09. The summed E-state index contributed by atoms with van der Waals surface area (Å²) in [7, 11) is -3.72. The summed E-state index contributed by atoms with van der Waals surface area (Å²) in [5.41, 5.74) is 0.279. The molecule has 1 amide bonds. The predicted molar refractivity (Wildman–Crippen MR) is 118 cm³/mol. The normalized spacial score (nSPS) is 11.3. The number of benzene rings is 2. The first kappa shape index (κ1) is 22.9. The second kappa shape index (κ2) is 11.0. The van der Waals surface area contributed by atoms with E-state index < -0.39 is 10.0 Å². The molecule has 2 aromatic carbocycles. The smallest absolute Gasteiger partial charge is 0.251 e. The maximum absolute atomic E-state index is 12.8. The summed E-state index contributed by atoms with van der Waals surface area (Å²) in [5.74, 6) is -0.0591. The van der Waals surface area contributed by atoms with Crippen LogP contribution in [0.5, 0.6) is 5.75 Å². The zero-order valence-corrected chi connectivity index (χ0v) is 18.3. The molecule has 0 aliphatic heterocycles. The Labute approximate surface area is 185 Å². The average Bonchev–Trinajstić information content (AvgIpc) is 3.30. The van der Waals surface area contributed by atoms with Crippen LogP contribution in [0.3, 0.4) is 0 Å². The molecule has 0 atom stereocenters. The van der Waals surface area contributed by atoms with Gasteiger partial charge in [-0.1, -0.05) is 12.1 Å². The molecule has 0 radical (unpaired) electrons. The minimum absolute atomic E-state index is 0.0457. The van der Waals surface area contributed by atoms with E-state index >= 15 is 0 Å². The van der Waals surface area contributed by atoms with Gasteiger partial charge in [-0.2, -0.15) is 0 Å². The first-order valence-electron chi connectivity index (χ1n) is 9.73. The Morgan fingerprint density at radius 1 is 1.03 bits per heavy atom. The molecule has 0 saturated carbocycles. The number of nitrogens with one attached hydrogen (secondary N) is 2. The number of rotatable bonds is 11. The van der Waals surface area contributed by atoms with Gasteiger partial charge in [-0.15, -0.1) is 11.3 Å². The number of hydrogen-bond acceptors (Lipinski definition) is 5. The van der Waals surface area contributed by atoms with E-state index in [2.05, 4.69) is 10.0 Å². The standard InChI is InChI=1S/C22H23FN2O4S2/c23-18-8-10-19(11-9-18)29-13-2-1-12-24-22(26)17-5-3-7-21(15-17)31(27,28)25-16-20-6-4-14-30-20/h3-11,14-15,25H,1-2,12-13,16H2,(H,24,26). The van der Waals surface area contributed by atoms with Crippen LogP contribution in [0.15, 0.2) is 70.9 Å². The fourth-order valence-electron chi connectivity index (χ4n) is 2.72. The number of amides is 1. The number of hydrogen-bond donors (Lipinski definition) is 2. The van der Waals surface area contributed by atoms with E-state index in [1.807, 2.05) is 17.5 Å². The van der Waals surface area contributed by atoms with Crippen LogP contribution in [0.2, 0.25) is 0 Å². The summed E-state index contributed by atoms with van der Waals surface area (Å²) >= 11 is 1.47. The third-order valence-corrected chi connectivity index (χ3v) is 6.64. The van der Waals surface area contributed by atoms with Crippen molar-refractivity contribution in [3.63, 3.8) is 0 Å². The molecule has 0 aliphatic rings. The van der Waals surface area contributed by atoms with Crippen LogP contribution in [0, 0.1) is 5.82 Å². The topological polar surface area (TPSA) is 84.5 Å². The Hall–Kier alpha value is -2.75. The van der Waals surface area contributed by atoms with Crippen LogP contribution in [0.1, 0.15) is 28.1 Å². The summed E-state index contributed by atoms with van der Waals surface area (Å²) in [6.07, 6.45) is 1.39. The van der Waals surface area contributed by atoms with Gasteiger partial charge in [-0.25, -0.2) is 17.5 Å². The van der Waals surface area contributed by atoms with Crippen molar-refractivity contribution in [1.82, 2.24) is 10.0 Å². The second-order valence-electron chi connectivity index (χ2n) is 6.70. The molecule has 2 N–H and O–H groups in total. The Morgan fingerprint density at radius 2 is 1.84 bits per heavy atom. The van der Waals surface area contributed by atoms with Gasteiger partial charge in [0, 0.05) is 23.5 Å².